The zero-order chi connectivity index (χ0) is 14.9. The lowest BCUT2D eigenvalue weighted by Crippen LogP contribution is -2.32. The predicted molar refractivity (Wildman–Crippen MR) is 82.9 cm³/mol. The van der Waals surface area contributed by atoms with Gasteiger partial charge in [-0.1, -0.05) is 0 Å². The molecular weight excluding hydrogens is 276 g/mol. The van der Waals surface area contributed by atoms with Gasteiger partial charge in [0.05, 0.1) is 18.1 Å². The van der Waals surface area contributed by atoms with Gasteiger partial charge in [0.2, 0.25) is 0 Å². The summed E-state index contributed by atoms with van der Waals surface area (Å²) in [6.45, 7) is 3.79. The summed E-state index contributed by atoms with van der Waals surface area (Å²) in [4.78, 5) is 6.87. The molecule has 0 radical (unpaired) electrons. The number of fused-ring (bicyclic) bond motifs is 1. The Labute approximate surface area is 128 Å². The molecular formula is C16H16N6. The van der Waals surface area contributed by atoms with Gasteiger partial charge in [-0.25, -0.2) is 4.68 Å². The fourth-order valence-electron chi connectivity index (χ4n) is 2.84. The Balaban J connectivity index is 1.68. The van der Waals surface area contributed by atoms with Gasteiger partial charge >= 0.3 is 0 Å². The molecule has 0 bridgehead atoms. The van der Waals surface area contributed by atoms with Crippen molar-refractivity contribution >= 4 is 5.82 Å². The van der Waals surface area contributed by atoms with Crippen LogP contribution in [0.5, 0.6) is 0 Å². The minimum Gasteiger partial charge on any atom is -0.350 e. The van der Waals surface area contributed by atoms with Gasteiger partial charge in [-0.15, -0.1) is 5.10 Å². The van der Waals surface area contributed by atoms with E-state index >= 15 is 0 Å². The zero-order valence-electron chi connectivity index (χ0n) is 12.3. The smallest absolute Gasteiger partial charge is 0.154 e. The highest BCUT2D eigenvalue weighted by Gasteiger charge is 2.20. The van der Waals surface area contributed by atoms with E-state index in [4.69, 9.17) is 0 Å². The molecule has 1 aliphatic heterocycles. The van der Waals surface area contributed by atoms with Crippen molar-refractivity contribution in [1.82, 2.24) is 25.0 Å². The molecule has 0 aliphatic carbocycles. The van der Waals surface area contributed by atoms with Crippen LogP contribution in [-0.2, 0) is 13.0 Å². The lowest BCUT2D eigenvalue weighted by Gasteiger charge is -2.29. The molecule has 4 heterocycles. The average molecular weight is 292 g/mol. The molecule has 0 unspecified atom stereocenters. The molecule has 0 aromatic carbocycles. The van der Waals surface area contributed by atoms with Crippen LogP contribution in [0.4, 0.5) is 5.82 Å². The van der Waals surface area contributed by atoms with E-state index in [0.717, 1.165) is 42.3 Å². The summed E-state index contributed by atoms with van der Waals surface area (Å²) in [6, 6.07) is 6.07. The second-order valence-electron chi connectivity index (χ2n) is 5.46. The molecule has 4 rings (SSSR count). The van der Waals surface area contributed by atoms with Crippen molar-refractivity contribution in [2.75, 3.05) is 11.4 Å². The number of aromatic nitrogens is 5. The minimum absolute atomic E-state index is 0.803. The van der Waals surface area contributed by atoms with Gasteiger partial charge in [0.15, 0.2) is 5.82 Å². The third-order valence-corrected chi connectivity index (χ3v) is 3.99. The van der Waals surface area contributed by atoms with Crippen LogP contribution in [0, 0.1) is 6.92 Å². The summed E-state index contributed by atoms with van der Waals surface area (Å²) in [7, 11) is 0. The molecule has 0 fully saturated rings. The largest absolute Gasteiger partial charge is 0.350 e. The molecule has 0 saturated heterocycles. The number of rotatable bonds is 2. The first kappa shape index (κ1) is 12.9. The van der Waals surface area contributed by atoms with Crippen LogP contribution in [0.3, 0.4) is 0 Å². The summed E-state index contributed by atoms with van der Waals surface area (Å²) < 4.78 is 1.83. The van der Waals surface area contributed by atoms with Crippen LogP contribution < -0.4 is 4.90 Å². The molecule has 0 spiro atoms. The van der Waals surface area contributed by atoms with E-state index in [1.54, 1.807) is 12.4 Å². The maximum absolute atomic E-state index is 4.60. The van der Waals surface area contributed by atoms with Crippen molar-refractivity contribution < 1.29 is 0 Å². The van der Waals surface area contributed by atoms with E-state index in [2.05, 4.69) is 38.2 Å². The highest BCUT2D eigenvalue weighted by molar-refractivity contribution is 5.48. The Kier molecular flexibility index (Phi) is 3.07. The van der Waals surface area contributed by atoms with Crippen molar-refractivity contribution in [2.45, 2.75) is 19.9 Å². The predicted octanol–water partition coefficient (Wildman–Crippen LogP) is 1.93. The van der Waals surface area contributed by atoms with Crippen LogP contribution in [0.1, 0.15) is 16.8 Å². The molecule has 3 aromatic heterocycles. The van der Waals surface area contributed by atoms with Gasteiger partial charge in [0.25, 0.3) is 0 Å². The number of pyridine rings is 1. The van der Waals surface area contributed by atoms with Crippen molar-refractivity contribution in [3.05, 3.63) is 59.8 Å². The van der Waals surface area contributed by atoms with E-state index in [0.29, 0.717) is 0 Å². The van der Waals surface area contributed by atoms with E-state index in [-0.39, 0.29) is 0 Å². The van der Waals surface area contributed by atoms with E-state index in [9.17, 15) is 0 Å². The summed E-state index contributed by atoms with van der Waals surface area (Å²) in [5.74, 6) is 0.956. The molecule has 3 aromatic rings. The molecule has 1 aliphatic rings. The van der Waals surface area contributed by atoms with Crippen molar-refractivity contribution in [1.29, 1.82) is 0 Å². The first-order valence-corrected chi connectivity index (χ1v) is 7.32. The quantitative estimate of drug-likeness (QED) is 0.722. The third-order valence-electron chi connectivity index (χ3n) is 3.99. The van der Waals surface area contributed by atoms with Crippen LogP contribution in [0.25, 0.3) is 5.69 Å². The van der Waals surface area contributed by atoms with Crippen LogP contribution in [0.2, 0.25) is 0 Å². The van der Waals surface area contributed by atoms with Gasteiger partial charge in [-0.3, -0.25) is 4.98 Å². The van der Waals surface area contributed by atoms with E-state index < -0.39 is 0 Å². The maximum Gasteiger partial charge on any atom is 0.154 e. The Morgan fingerprint density at radius 3 is 3.00 bits per heavy atom. The minimum atomic E-state index is 0.803. The Bertz CT molecular complexity index is 796. The third kappa shape index (κ3) is 2.22. The maximum atomic E-state index is 4.60. The molecule has 22 heavy (non-hydrogen) atoms. The van der Waals surface area contributed by atoms with E-state index in [1.165, 1.54) is 5.56 Å². The van der Waals surface area contributed by atoms with E-state index in [1.807, 2.05) is 29.2 Å². The average Bonchev–Trinajstić information content (AvgIpc) is 3.09. The first-order valence-electron chi connectivity index (χ1n) is 7.32. The van der Waals surface area contributed by atoms with Crippen molar-refractivity contribution in [3.63, 3.8) is 0 Å². The second-order valence-corrected chi connectivity index (χ2v) is 5.46. The monoisotopic (exact) mass is 292 g/mol. The van der Waals surface area contributed by atoms with Gasteiger partial charge in [-0.05, 0) is 36.2 Å². The summed E-state index contributed by atoms with van der Waals surface area (Å²) in [6.07, 6.45) is 8.24. The lowest BCUT2D eigenvalue weighted by atomic mass is 10.0. The van der Waals surface area contributed by atoms with Crippen molar-refractivity contribution in [3.8, 4) is 5.69 Å². The molecule has 0 amide bonds. The Morgan fingerprint density at radius 1 is 1.23 bits per heavy atom. The number of hydrogen-bond acceptors (Lipinski definition) is 5. The van der Waals surface area contributed by atoms with Gasteiger partial charge in [0.1, 0.15) is 0 Å². The molecule has 0 atom stereocenters. The molecule has 6 heteroatoms. The normalized spacial score (nSPS) is 14.0. The lowest BCUT2D eigenvalue weighted by molar-refractivity contribution is 0.690. The number of hydrogen-bond donors (Lipinski definition) is 0. The van der Waals surface area contributed by atoms with Crippen LogP contribution in [0.15, 0.2) is 43.0 Å². The Morgan fingerprint density at radius 2 is 2.18 bits per heavy atom. The van der Waals surface area contributed by atoms with Gasteiger partial charge < -0.3 is 4.90 Å². The van der Waals surface area contributed by atoms with Crippen molar-refractivity contribution in [2.24, 2.45) is 0 Å². The summed E-state index contributed by atoms with van der Waals surface area (Å²) in [5.41, 5.74) is 4.52. The zero-order valence-corrected chi connectivity index (χ0v) is 12.3. The molecule has 0 saturated carbocycles. The molecule has 0 N–H and O–H groups in total. The number of aryl methyl sites for hydroxylation is 1. The van der Waals surface area contributed by atoms with Crippen LogP contribution >= 0.6 is 0 Å². The summed E-state index contributed by atoms with van der Waals surface area (Å²) in [5, 5.41) is 12.6. The summed E-state index contributed by atoms with van der Waals surface area (Å²) >= 11 is 0. The highest BCUT2D eigenvalue weighted by Crippen LogP contribution is 2.24. The van der Waals surface area contributed by atoms with Gasteiger partial charge in [-0.2, -0.15) is 10.2 Å². The van der Waals surface area contributed by atoms with Gasteiger partial charge in [0, 0.05) is 37.6 Å². The highest BCUT2D eigenvalue weighted by atomic mass is 15.3. The fraction of sp³-hybridized carbons (Fsp3) is 0.250. The standard InChI is InChI=1S/C16H16N6/c1-12-3-6-18-20-16(12)21-8-4-15-13(11-21)9-14(10-17-15)22-7-2-5-19-22/h2-3,5-7,9-10H,4,8,11H2,1H3. The Hall–Kier alpha value is -2.76. The number of anilines is 1. The first-order chi connectivity index (χ1) is 10.8. The number of nitrogens with zero attached hydrogens (tertiary/aromatic N) is 6. The molecule has 6 nitrogen and oxygen atoms in total. The molecule has 110 valence electrons. The SMILES string of the molecule is Cc1ccnnc1N1CCc2ncc(-n3cccn3)cc2C1. The van der Waals surface area contributed by atoms with Crippen LogP contribution in [-0.4, -0.2) is 31.5 Å². The fourth-order valence-corrected chi connectivity index (χ4v) is 2.84. The topological polar surface area (TPSA) is 59.7 Å². The second kappa shape index (κ2) is 5.22.